The van der Waals surface area contributed by atoms with Crippen molar-refractivity contribution < 1.29 is 4.79 Å². The van der Waals surface area contributed by atoms with Crippen molar-refractivity contribution in [2.24, 2.45) is 0 Å². The lowest BCUT2D eigenvalue weighted by Gasteiger charge is -2.19. The number of hydrogen-bond acceptors (Lipinski definition) is 2. The summed E-state index contributed by atoms with van der Waals surface area (Å²) in [5.41, 5.74) is 0. The summed E-state index contributed by atoms with van der Waals surface area (Å²) in [5.74, 6) is 0.0293. The van der Waals surface area contributed by atoms with Crippen LogP contribution in [0.3, 0.4) is 0 Å². The SMILES string of the molecule is CC(C(=O)NC1CCCCCC1)n1cc(Cl)cn1. The zero-order valence-corrected chi connectivity index (χ0v) is 11.5. The van der Waals surface area contributed by atoms with E-state index in [4.69, 9.17) is 11.6 Å². The normalized spacial score (nSPS) is 19.2. The second kappa shape index (κ2) is 6.23. The summed E-state index contributed by atoms with van der Waals surface area (Å²) in [6.45, 7) is 1.84. The van der Waals surface area contributed by atoms with Crippen LogP contribution in [0.1, 0.15) is 51.5 Å². The number of carbonyl (C=O) groups excluding carboxylic acids is 1. The Bertz CT molecular complexity index is 397. The van der Waals surface area contributed by atoms with Gasteiger partial charge >= 0.3 is 0 Å². The van der Waals surface area contributed by atoms with Crippen LogP contribution in [0.4, 0.5) is 0 Å². The van der Waals surface area contributed by atoms with Gasteiger partial charge in [-0.25, -0.2) is 0 Å². The van der Waals surface area contributed by atoms with Crippen molar-refractivity contribution in [2.45, 2.75) is 57.5 Å². The third-order valence-corrected chi connectivity index (χ3v) is 3.74. The van der Waals surface area contributed by atoms with Crippen LogP contribution in [0.25, 0.3) is 0 Å². The quantitative estimate of drug-likeness (QED) is 0.858. The molecule has 1 aliphatic carbocycles. The first-order chi connectivity index (χ1) is 8.66. The molecule has 1 fully saturated rings. The average molecular weight is 270 g/mol. The Morgan fingerprint density at radius 2 is 2.11 bits per heavy atom. The smallest absolute Gasteiger partial charge is 0.244 e. The van der Waals surface area contributed by atoms with Gasteiger partial charge in [-0.1, -0.05) is 37.3 Å². The van der Waals surface area contributed by atoms with E-state index in [2.05, 4.69) is 10.4 Å². The molecule has 1 heterocycles. The molecular formula is C13H20ClN3O. The van der Waals surface area contributed by atoms with Crippen LogP contribution >= 0.6 is 11.6 Å². The van der Waals surface area contributed by atoms with Crippen molar-refractivity contribution in [1.82, 2.24) is 15.1 Å². The summed E-state index contributed by atoms with van der Waals surface area (Å²) in [6.07, 6.45) is 10.4. The van der Waals surface area contributed by atoms with E-state index in [9.17, 15) is 4.79 Å². The van der Waals surface area contributed by atoms with Crippen LogP contribution < -0.4 is 5.32 Å². The molecule has 0 bridgehead atoms. The van der Waals surface area contributed by atoms with Gasteiger partial charge in [0.25, 0.3) is 0 Å². The Morgan fingerprint density at radius 1 is 1.44 bits per heavy atom. The second-order valence-electron chi connectivity index (χ2n) is 5.01. The molecule has 1 saturated carbocycles. The third-order valence-electron chi connectivity index (χ3n) is 3.55. The standard InChI is InChI=1S/C13H20ClN3O/c1-10(17-9-11(14)8-15-17)13(18)16-12-6-4-2-3-5-7-12/h8-10,12H,2-7H2,1H3,(H,16,18). The van der Waals surface area contributed by atoms with E-state index in [1.165, 1.54) is 25.7 Å². The van der Waals surface area contributed by atoms with Gasteiger partial charge in [-0.3, -0.25) is 9.48 Å². The molecule has 0 saturated heterocycles. The van der Waals surface area contributed by atoms with Crippen LogP contribution in [-0.2, 0) is 4.79 Å². The van der Waals surface area contributed by atoms with Gasteiger partial charge in [-0.2, -0.15) is 5.10 Å². The number of carbonyl (C=O) groups is 1. The van der Waals surface area contributed by atoms with E-state index in [-0.39, 0.29) is 11.9 Å². The van der Waals surface area contributed by atoms with E-state index in [1.54, 1.807) is 17.1 Å². The number of amides is 1. The fraction of sp³-hybridized carbons (Fsp3) is 0.692. The van der Waals surface area contributed by atoms with Crippen LogP contribution in [0.2, 0.25) is 5.02 Å². The number of nitrogens with zero attached hydrogens (tertiary/aromatic N) is 2. The highest BCUT2D eigenvalue weighted by Gasteiger charge is 2.20. The maximum Gasteiger partial charge on any atom is 0.244 e. The van der Waals surface area contributed by atoms with Crippen molar-refractivity contribution >= 4 is 17.5 Å². The first kappa shape index (κ1) is 13.4. The van der Waals surface area contributed by atoms with Gasteiger partial charge in [0.1, 0.15) is 6.04 Å². The lowest BCUT2D eigenvalue weighted by atomic mass is 10.1. The van der Waals surface area contributed by atoms with Gasteiger partial charge < -0.3 is 5.32 Å². The topological polar surface area (TPSA) is 46.9 Å². The molecule has 0 aromatic carbocycles. The van der Waals surface area contributed by atoms with E-state index < -0.39 is 0 Å². The summed E-state index contributed by atoms with van der Waals surface area (Å²) in [6, 6.07) is 0.0224. The average Bonchev–Trinajstić information content (AvgIpc) is 2.62. The predicted molar refractivity (Wildman–Crippen MR) is 71.6 cm³/mol. The maximum atomic E-state index is 12.1. The van der Waals surface area contributed by atoms with Gasteiger partial charge in [0.2, 0.25) is 5.91 Å². The number of rotatable bonds is 3. The number of halogens is 1. The zero-order valence-electron chi connectivity index (χ0n) is 10.7. The van der Waals surface area contributed by atoms with Crippen molar-refractivity contribution in [3.63, 3.8) is 0 Å². The second-order valence-corrected chi connectivity index (χ2v) is 5.45. The lowest BCUT2D eigenvalue weighted by molar-refractivity contribution is -0.124. The number of aromatic nitrogens is 2. The van der Waals surface area contributed by atoms with E-state index in [1.807, 2.05) is 6.92 Å². The molecular weight excluding hydrogens is 250 g/mol. The van der Waals surface area contributed by atoms with Crippen molar-refractivity contribution in [2.75, 3.05) is 0 Å². The molecule has 1 atom stereocenters. The van der Waals surface area contributed by atoms with Gasteiger partial charge in [0.15, 0.2) is 0 Å². The van der Waals surface area contributed by atoms with Crippen LogP contribution in [0.5, 0.6) is 0 Å². The molecule has 1 aliphatic rings. The summed E-state index contributed by atoms with van der Waals surface area (Å²) in [4.78, 5) is 12.1. The Labute approximate surface area is 113 Å². The minimum atomic E-state index is -0.305. The van der Waals surface area contributed by atoms with Crippen LogP contribution in [0, 0.1) is 0 Å². The Hall–Kier alpha value is -1.03. The molecule has 2 rings (SSSR count). The molecule has 1 aromatic rings. The van der Waals surface area contributed by atoms with Crippen molar-refractivity contribution in [3.05, 3.63) is 17.4 Å². The molecule has 5 heteroatoms. The minimum Gasteiger partial charge on any atom is -0.352 e. The Morgan fingerprint density at radius 3 is 2.67 bits per heavy atom. The predicted octanol–water partition coefficient (Wildman–Crippen LogP) is 2.94. The molecule has 1 amide bonds. The summed E-state index contributed by atoms with van der Waals surface area (Å²) in [5, 5.41) is 7.76. The third kappa shape index (κ3) is 3.48. The molecule has 1 aromatic heterocycles. The molecule has 100 valence electrons. The Balaban J connectivity index is 1.90. The molecule has 1 N–H and O–H groups in total. The highest BCUT2D eigenvalue weighted by Crippen LogP contribution is 2.18. The summed E-state index contributed by atoms with van der Waals surface area (Å²) in [7, 11) is 0. The first-order valence-electron chi connectivity index (χ1n) is 6.67. The van der Waals surface area contributed by atoms with E-state index >= 15 is 0 Å². The fourth-order valence-corrected chi connectivity index (χ4v) is 2.54. The molecule has 0 aliphatic heterocycles. The van der Waals surface area contributed by atoms with E-state index in [0.717, 1.165) is 12.8 Å². The minimum absolute atomic E-state index is 0.0293. The van der Waals surface area contributed by atoms with Crippen LogP contribution in [0.15, 0.2) is 12.4 Å². The van der Waals surface area contributed by atoms with Gasteiger partial charge in [-0.15, -0.1) is 0 Å². The van der Waals surface area contributed by atoms with Crippen molar-refractivity contribution in [1.29, 1.82) is 0 Å². The van der Waals surface area contributed by atoms with Gasteiger partial charge in [0.05, 0.1) is 11.2 Å². The van der Waals surface area contributed by atoms with Crippen LogP contribution in [-0.4, -0.2) is 21.7 Å². The molecule has 1 unspecified atom stereocenters. The van der Waals surface area contributed by atoms with E-state index in [0.29, 0.717) is 11.1 Å². The fourth-order valence-electron chi connectivity index (χ4n) is 2.39. The Kier molecular flexibility index (Phi) is 4.64. The number of hydrogen-bond donors (Lipinski definition) is 1. The monoisotopic (exact) mass is 269 g/mol. The highest BCUT2D eigenvalue weighted by molar-refractivity contribution is 6.30. The number of nitrogens with one attached hydrogen (secondary N) is 1. The first-order valence-corrected chi connectivity index (χ1v) is 7.04. The van der Waals surface area contributed by atoms with Crippen molar-refractivity contribution in [3.8, 4) is 0 Å². The highest BCUT2D eigenvalue weighted by atomic mass is 35.5. The molecule has 18 heavy (non-hydrogen) atoms. The molecule has 0 spiro atoms. The zero-order chi connectivity index (χ0) is 13.0. The maximum absolute atomic E-state index is 12.1. The molecule has 4 nitrogen and oxygen atoms in total. The summed E-state index contributed by atoms with van der Waals surface area (Å²) < 4.78 is 1.61. The van der Waals surface area contributed by atoms with Gasteiger partial charge in [-0.05, 0) is 19.8 Å². The van der Waals surface area contributed by atoms with Gasteiger partial charge in [0, 0.05) is 12.2 Å². The molecule has 0 radical (unpaired) electrons. The summed E-state index contributed by atoms with van der Waals surface area (Å²) >= 11 is 5.81. The largest absolute Gasteiger partial charge is 0.352 e. The lowest BCUT2D eigenvalue weighted by Crippen LogP contribution is -2.38.